The van der Waals surface area contributed by atoms with Crippen LogP contribution in [0, 0.1) is 18.6 Å². The molecular formula is C20H14F2N4OS2. The number of aromatic nitrogens is 3. The van der Waals surface area contributed by atoms with Crippen molar-refractivity contribution in [3.05, 3.63) is 70.9 Å². The minimum atomic E-state index is -0.567. The van der Waals surface area contributed by atoms with Crippen LogP contribution in [-0.4, -0.2) is 26.4 Å². The zero-order valence-electron chi connectivity index (χ0n) is 15.1. The summed E-state index contributed by atoms with van der Waals surface area (Å²) in [4.78, 5) is 17.0. The molecule has 1 unspecified atom stereocenters. The number of aryl methyl sites for hydroxylation is 1. The molecule has 2 aromatic heterocycles. The van der Waals surface area contributed by atoms with Crippen molar-refractivity contribution in [1.82, 2.24) is 14.8 Å². The number of nitrogens with zero attached hydrogens (tertiary/aromatic N) is 3. The third-order valence-corrected chi connectivity index (χ3v) is 6.98. The van der Waals surface area contributed by atoms with Crippen LogP contribution in [0.2, 0.25) is 0 Å². The number of halogens is 2. The molecule has 0 spiro atoms. The van der Waals surface area contributed by atoms with E-state index in [1.54, 1.807) is 11.6 Å². The first-order valence-corrected chi connectivity index (χ1v) is 10.7. The second kappa shape index (κ2) is 6.93. The molecule has 0 saturated heterocycles. The molecule has 29 heavy (non-hydrogen) atoms. The molecule has 0 aliphatic carbocycles. The second-order valence-electron chi connectivity index (χ2n) is 6.63. The third kappa shape index (κ3) is 3.10. The normalized spacial score (nSPS) is 16.5. The van der Waals surface area contributed by atoms with Gasteiger partial charge in [-0.2, -0.15) is 9.78 Å². The first kappa shape index (κ1) is 18.3. The van der Waals surface area contributed by atoms with Gasteiger partial charge in [-0.25, -0.2) is 13.8 Å². The van der Waals surface area contributed by atoms with E-state index in [0.717, 1.165) is 22.3 Å². The lowest BCUT2D eigenvalue weighted by molar-refractivity contribution is -0.113. The predicted octanol–water partition coefficient (Wildman–Crippen LogP) is 4.84. The van der Waals surface area contributed by atoms with Crippen LogP contribution in [0.25, 0.3) is 15.3 Å². The highest BCUT2D eigenvalue weighted by Gasteiger charge is 2.32. The van der Waals surface area contributed by atoms with Crippen LogP contribution < -0.4 is 5.32 Å². The average molecular weight is 428 g/mol. The van der Waals surface area contributed by atoms with Gasteiger partial charge in [0, 0.05) is 11.1 Å². The maximum absolute atomic E-state index is 14.6. The number of hydrogen-bond acceptors (Lipinski definition) is 5. The van der Waals surface area contributed by atoms with E-state index in [-0.39, 0.29) is 17.2 Å². The number of carbonyl (C=O) groups excluding carboxylic acids is 1. The summed E-state index contributed by atoms with van der Waals surface area (Å²) < 4.78 is 31.0. The summed E-state index contributed by atoms with van der Waals surface area (Å²) >= 11 is 2.69. The molecule has 0 fully saturated rings. The topological polar surface area (TPSA) is 59.8 Å². The predicted molar refractivity (Wildman–Crippen MR) is 111 cm³/mol. The lowest BCUT2D eigenvalue weighted by atomic mass is 10.0. The molecule has 1 amide bonds. The summed E-state index contributed by atoms with van der Waals surface area (Å²) in [7, 11) is 0. The number of benzene rings is 2. The highest BCUT2D eigenvalue weighted by atomic mass is 32.2. The van der Waals surface area contributed by atoms with Gasteiger partial charge >= 0.3 is 0 Å². The third-order valence-electron chi connectivity index (χ3n) is 4.71. The molecule has 5 nitrogen and oxygen atoms in total. The Hall–Kier alpha value is -2.78. The molecule has 0 bridgehead atoms. The van der Waals surface area contributed by atoms with Gasteiger partial charge in [-0.1, -0.05) is 23.5 Å². The molecule has 0 saturated carbocycles. The van der Waals surface area contributed by atoms with Crippen molar-refractivity contribution < 1.29 is 13.6 Å². The van der Waals surface area contributed by atoms with Crippen LogP contribution in [0.5, 0.6) is 0 Å². The first-order valence-electron chi connectivity index (χ1n) is 8.83. The summed E-state index contributed by atoms with van der Waals surface area (Å²) in [6.07, 6.45) is 0. The highest BCUT2D eigenvalue weighted by molar-refractivity contribution is 8.00. The van der Waals surface area contributed by atoms with E-state index in [4.69, 9.17) is 0 Å². The zero-order chi connectivity index (χ0) is 20.1. The minimum absolute atomic E-state index is 0.120. The van der Waals surface area contributed by atoms with Crippen molar-refractivity contribution in [1.29, 1.82) is 0 Å². The summed E-state index contributed by atoms with van der Waals surface area (Å²) in [5, 5.41) is 7.49. The van der Waals surface area contributed by atoms with E-state index < -0.39 is 16.9 Å². The number of fused-ring (bicyclic) bond motifs is 2. The van der Waals surface area contributed by atoms with Gasteiger partial charge < -0.3 is 5.32 Å². The number of amides is 1. The smallest absolute Gasteiger partial charge is 0.235 e. The molecule has 3 heterocycles. The lowest BCUT2D eigenvalue weighted by Crippen LogP contribution is -2.15. The summed E-state index contributed by atoms with van der Waals surface area (Å²) in [5.41, 5.74) is 2.31. The molecule has 5 rings (SSSR count). The Labute approximate surface area is 172 Å². The monoisotopic (exact) mass is 428 g/mol. The number of para-hydroxylation sites is 1. The number of carbonyl (C=O) groups is 1. The van der Waals surface area contributed by atoms with Gasteiger partial charge in [0.05, 0.1) is 26.9 Å². The van der Waals surface area contributed by atoms with Crippen LogP contribution in [0.4, 0.5) is 14.6 Å². The van der Waals surface area contributed by atoms with Gasteiger partial charge in [-0.15, -0.1) is 11.8 Å². The molecule has 1 aliphatic rings. The average Bonchev–Trinajstić information content (AvgIpc) is 3.21. The number of thioether (sulfide) groups is 1. The fourth-order valence-corrected chi connectivity index (χ4v) is 5.56. The molecule has 1 atom stereocenters. The van der Waals surface area contributed by atoms with Crippen molar-refractivity contribution in [3.8, 4) is 5.13 Å². The Bertz CT molecular complexity index is 1230. The molecule has 2 aromatic carbocycles. The van der Waals surface area contributed by atoms with Crippen molar-refractivity contribution in [2.45, 2.75) is 12.2 Å². The standard InChI is InChI=1S/C20H14F2N4OS2/c1-10-17-18(12-8-11(21)6-7-13(12)22)28-9-16(27)24-19(17)26(25-10)20-23-14-4-2-3-5-15(14)29-20/h2-8,18H,9H2,1H3,(H,24,27). The SMILES string of the molecule is Cc1nn(-c2nc3ccccc3s2)c2c1C(c1cc(F)ccc1F)SCC(=O)N2. The van der Waals surface area contributed by atoms with Gasteiger partial charge in [0.25, 0.3) is 0 Å². The molecule has 4 aromatic rings. The maximum atomic E-state index is 14.6. The quantitative estimate of drug-likeness (QED) is 0.496. The number of hydrogen-bond donors (Lipinski definition) is 1. The molecule has 1 aliphatic heterocycles. The van der Waals surface area contributed by atoms with Gasteiger partial charge in [0.15, 0.2) is 0 Å². The van der Waals surface area contributed by atoms with E-state index in [1.165, 1.54) is 29.2 Å². The minimum Gasteiger partial charge on any atom is -0.310 e. The van der Waals surface area contributed by atoms with Gasteiger partial charge in [0.1, 0.15) is 17.5 Å². The molecular weight excluding hydrogens is 414 g/mol. The highest BCUT2D eigenvalue weighted by Crippen LogP contribution is 2.45. The molecule has 146 valence electrons. The fourth-order valence-electron chi connectivity index (χ4n) is 3.43. The Morgan fingerprint density at radius 3 is 2.86 bits per heavy atom. The van der Waals surface area contributed by atoms with E-state index in [1.807, 2.05) is 24.3 Å². The van der Waals surface area contributed by atoms with Crippen molar-refractivity contribution in [2.24, 2.45) is 0 Å². The number of thiazole rings is 1. The largest absolute Gasteiger partial charge is 0.310 e. The van der Waals surface area contributed by atoms with Crippen LogP contribution in [0.3, 0.4) is 0 Å². The number of rotatable bonds is 2. The molecule has 0 radical (unpaired) electrons. The van der Waals surface area contributed by atoms with E-state index in [0.29, 0.717) is 22.2 Å². The maximum Gasteiger partial charge on any atom is 0.235 e. The molecule has 9 heteroatoms. The van der Waals surface area contributed by atoms with Gasteiger partial charge in [-0.05, 0) is 37.3 Å². The Balaban J connectivity index is 1.72. The Morgan fingerprint density at radius 1 is 1.21 bits per heavy atom. The van der Waals surface area contributed by atoms with Crippen molar-refractivity contribution >= 4 is 45.0 Å². The first-order chi connectivity index (χ1) is 14.0. The van der Waals surface area contributed by atoms with Crippen LogP contribution >= 0.6 is 23.1 Å². The van der Waals surface area contributed by atoms with Crippen LogP contribution in [0.1, 0.15) is 22.1 Å². The number of anilines is 1. The van der Waals surface area contributed by atoms with Crippen LogP contribution in [0.15, 0.2) is 42.5 Å². The van der Waals surface area contributed by atoms with Crippen molar-refractivity contribution in [3.63, 3.8) is 0 Å². The van der Waals surface area contributed by atoms with E-state index >= 15 is 0 Å². The number of nitrogens with one attached hydrogen (secondary N) is 1. The molecule has 1 N–H and O–H groups in total. The zero-order valence-corrected chi connectivity index (χ0v) is 16.8. The Kier molecular flexibility index (Phi) is 4.36. The summed E-state index contributed by atoms with van der Waals surface area (Å²) in [5.74, 6) is -0.697. The second-order valence-corrected chi connectivity index (χ2v) is 8.73. The van der Waals surface area contributed by atoms with Gasteiger partial charge in [-0.3, -0.25) is 4.79 Å². The van der Waals surface area contributed by atoms with E-state index in [9.17, 15) is 13.6 Å². The summed E-state index contributed by atoms with van der Waals surface area (Å²) in [6, 6.07) is 11.1. The fraction of sp³-hybridized carbons (Fsp3) is 0.150. The van der Waals surface area contributed by atoms with Crippen LogP contribution in [-0.2, 0) is 4.79 Å². The van der Waals surface area contributed by atoms with E-state index in [2.05, 4.69) is 15.4 Å². The lowest BCUT2D eigenvalue weighted by Gasteiger charge is -2.16. The van der Waals surface area contributed by atoms with Gasteiger partial charge in [0.2, 0.25) is 11.0 Å². The van der Waals surface area contributed by atoms with Crippen molar-refractivity contribution in [2.75, 3.05) is 11.1 Å². The Morgan fingerprint density at radius 2 is 2.03 bits per heavy atom. The summed E-state index contributed by atoms with van der Waals surface area (Å²) in [6.45, 7) is 1.80.